The number of benzene rings is 1. The number of carbonyl (C=O) groups is 1. The summed E-state index contributed by atoms with van der Waals surface area (Å²) in [6, 6.07) is 7.81. The van der Waals surface area contributed by atoms with Crippen molar-refractivity contribution in [1.82, 2.24) is 14.9 Å². The fourth-order valence-corrected chi connectivity index (χ4v) is 3.60. The molecule has 0 radical (unpaired) electrons. The molecule has 2 aromatic rings. The average molecular weight is 337 g/mol. The van der Waals surface area contributed by atoms with Crippen molar-refractivity contribution in [2.24, 2.45) is 4.99 Å². The van der Waals surface area contributed by atoms with E-state index in [1.54, 1.807) is 11.8 Å². The second kappa shape index (κ2) is 6.45. The molecule has 2 aliphatic heterocycles. The van der Waals surface area contributed by atoms with Crippen molar-refractivity contribution in [1.29, 1.82) is 0 Å². The molecule has 0 unspecified atom stereocenters. The lowest BCUT2D eigenvalue weighted by Gasteiger charge is -2.25. The summed E-state index contributed by atoms with van der Waals surface area (Å²) in [5.74, 6) is -0.267. The number of amidine groups is 1. The lowest BCUT2D eigenvalue weighted by Crippen LogP contribution is -2.28. The minimum atomic E-state index is -0.267. The second-order valence-corrected chi connectivity index (χ2v) is 6.25. The van der Waals surface area contributed by atoms with E-state index in [1.165, 1.54) is 24.3 Å². The lowest BCUT2D eigenvalue weighted by atomic mass is 10.1. The summed E-state index contributed by atoms with van der Waals surface area (Å²) in [4.78, 5) is 26.8. The van der Waals surface area contributed by atoms with Gasteiger partial charge >= 0.3 is 0 Å². The van der Waals surface area contributed by atoms with E-state index in [1.807, 2.05) is 24.3 Å². The van der Waals surface area contributed by atoms with Crippen molar-refractivity contribution in [2.45, 2.75) is 6.42 Å². The fourth-order valence-electron chi connectivity index (χ4n) is 2.64. The largest absolute Gasteiger partial charge is 0.321 e. The molecule has 6 nitrogen and oxygen atoms in total. The van der Waals surface area contributed by atoms with Gasteiger partial charge in [0.15, 0.2) is 5.17 Å². The van der Waals surface area contributed by atoms with Crippen LogP contribution in [0.15, 0.2) is 53.3 Å². The number of hydrogen-bond acceptors (Lipinski definition) is 6. The summed E-state index contributed by atoms with van der Waals surface area (Å²) in [5, 5.41) is 6.04. The highest BCUT2D eigenvalue weighted by molar-refractivity contribution is 8.16. The zero-order valence-corrected chi connectivity index (χ0v) is 13.7. The molecule has 4 rings (SSSR count). The highest BCUT2D eigenvalue weighted by atomic mass is 32.2. The van der Waals surface area contributed by atoms with E-state index in [0.717, 1.165) is 35.9 Å². The zero-order chi connectivity index (χ0) is 16.4. The van der Waals surface area contributed by atoms with Crippen LogP contribution in [0.5, 0.6) is 0 Å². The predicted molar refractivity (Wildman–Crippen MR) is 95.6 cm³/mol. The maximum atomic E-state index is 12.1. The average Bonchev–Trinajstić information content (AvgIpc) is 3.07. The maximum absolute atomic E-state index is 12.1. The molecule has 0 saturated carbocycles. The third-order valence-corrected chi connectivity index (χ3v) is 4.72. The van der Waals surface area contributed by atoms with Crippen molar-refractivity contribution in [2.75, 3.05) is 18.4 Å². The Kier molecular flexibility index (Phi) is 4.00. The van der Waals surface area contributed by atoms with E-state index in [-0.39, 0.29) is 5.91 Å². The number of fused-ring (bicyclic) bond motifs is 1. The Bertz CT molecular complexity index is 817. The first-order valence-corrected chi connectivity index (χ1v) is 8.56. The fraction of sp³-hybridized carbons (Fsp3) is 0.176. The number of hydrogen-bond donors (Lipinski definition) is 1. The monoisotopic (exact) mass is 337 g/mol. The molecule has 1 aromatic heterocycles. The minimum Gasteiger partial charge on any atom is -0.321 e. The molecule has 24 heavy (non-hydrogen) atoms. The Hall–Kier alpha value is -2.67. The van der Waals surface area contributed by atoms with Crippen molar-refractivity contribution >= 4 is 34.2 Å². The van der Waals surface area contributed by atoms with Crippen molar-refractivity contribution < 1.29 is 4.79 Å². The number of amides is 1. The first-order valence-electron chi connectivity index (χ1n) is 7.68. The summed E-state index contributed by atoms with van der Waals surface area (Å²) in [6.45, 7) is 1.91. The number of thioether (sulfide) groups is 1. The number of aromatic nitrogens is 2. The van der Waals surface area contributed by atoms with Gasteiger partial charge in [0.1, 0.15) is 5.69 Å². The van der Waals surface area contributed by atoms with Crippen LogP contribution in [0.25, 0.3) is 5.70 Å². The van der Waals surface area contributed by atoms with Crippen molar-refractivity contribution in [3.8, 4) is 0 Å². The standard InChI is InChI=1S/C17H15N5OS/c23-16(14-10-18-7-8-19-14)21-13-4-2-12(3-5-13)15-11-24-17-20-6-1-9-22(15)17/h2-5,7-8,10-11H,1,6,9H2,(H,21,23). The number of carbonyl (C=O) groups excluding carboxylic acids is 1. The molecule has 0 atom stereocenters. The Balaban J connectivity index is 1.48. The number of nitrogens with zero attached hydrogens (tertiary/aromatic N) is 4. The SMILES string of the molecule is O=C(Nc1ccc(C2=CSC3=NCCCN23)cc1)c1cnccn1. The smallest absolute Gasteiger partial charge is 0.275 e. The van der Waals surface area contributed by atoms with E-state index < -0.39 is 0 Å². The molecule has 1 N–H and O–H groups in total. The van der Waals surface area contributed by atoms with E-state index in [9.17, 15) is 4.79 Å². The van der Waals surface area contributed by atoms with Crippen LogP contribution in [0.3, 0.4) is 0 Å². The van der Waals surface area contributed by atoms with E-state index in [2.05, 4.69) is 30.6 Å². The third kappa shape index (κ3) is 2.90. The van der Waals surface area contributed by atoms with Gasteiger partial charge in [0.25, 0.3) is 5.91 Å². The molecule has 1 aromatic carbocycles. The summed E-state index contributed by atoms with van der Waals surface area (Å²) in [5.41, 5.74) is 3.32. The maximum Gasteiger partial charge on any atom is 0.275 e. The normalized spacial score (nSPS) is 16.2. The highest BCUT2D eigenvalue weighted by Gasteiger charge is 2.25. The topological polar surface area (TPSA) is 70.5 Å². The summed E-state index contributed by atoms with van der Waals surface area (Å²) in [6.07, 6.45) is 5.56. The van der Waals surface area contributed by atoms with Crippen LogP contribution in [-0.2, 0) is 0 Å². The number of nitrogens with one attached hydrogen (secondary N) is 1. The molecule has 0 aliphatic carbocycles. The van der Waals surface area contributed by atoms with Gasteiger partial charge in [-0.05, 0) is 24.1 Å². The van der Waals surface area contributed by atoms with Gasteiger partial charge in [-0.25, -0.2) is 4.98 Å². The quantitative estimate of drug-likeness (QED) is 0.932. The van der Waals surface area contributed by atoms with Crippen molar-refractivity contribution in [3.63, 3.8) is 0 Å². The van der Waals surface area contributed by atoms with E-state index in [0.29, 0.717) is 5.69 Å². The Morgan fingerprint density at radius 1 is 1.21 bits per heavy atom. The molecule has 0 saturated heterocycles. The molecule has 120 valence electrons. The minimum absolute atomic E-state index is 0.267. The molecule has 0 spiro atoms. The first kappa shape index (κ1) is 14.9. The number of aliphatic imine (C=N–C) groups is 1. The van der Waals surface area contributed by atoms with Gasteiger partial charge in [0.05, 0.1) is 11.9 Å². The first-order chi connectivity index (χ1) is 11.8. The summed E-state index contributed by atoms with van der Waals surface area (Å²) in [7, 11) is 0. The molecular weight excluding hydrogens is 322 g/mol. The lowest BCUT2D eigenvalue weighted by molar-refractivity contribution is 0.102. The van der Waals surface area contributed by atoms with Gasteiger partial charge < -0.3 is 10.2 Å². The van der Waals surface area contributed by atoms with Gasteiger partial charge in [-0.15, -0.1) is 0 Å². The molecule has 7 heteroatoms. The van der Waals surface area contributed by atoms with E-state index >= 15 is 0 Å². The molecule has 0 bridgehead atoms. The molecular formula is C17H15N5OS. The van der Waals surface area contributed by atoms with E-state index in [4.69, 9.17) is 0 Å². The van der Waals surface area contributed by atoms with Crippen LogP contribution in [0.2, 0.25) is 0 Å². The Morgan fingerprint density at radius 2 is 2.08 bits per heavy atom. The van der Waals surface area contributed by atoms with Crippen LogP contribution >= 0.6 is 11.8 Å². The molecule has 3 heterocycles. The van der Waals surface area contributed by atoms with Gasteiger partial charge in [-0.2, -0.15) is 0 Å². The van der Waals surface area contributed by atoms with Gasteiger partial charge in [0, 0.05) is 36.6 Å². The number of anilines is 1. The Labute approximate surface area is 143 Å². The van der Waals surface area contributed by atoms with Crippen molar-refractivity contribution in [3.05, 3.63) is 59.5 Å². The zero-order valence-electron chi connectivity index (χ0n) is 12.8. The second-order valence-electron chi connectivity index (χ2n) is 5.41. The van der Waals surface area contributed by atoms with Crippen LogP contribution in [0, 0.1) is 0 Å². The van der Waals surface area contributed by atoms with Crippen LogP contribution < -0.4 is 5.32 Å². The molecule has 1 amide bonds. The predicted octanol–water partition coefficient (Wildman–Crippen LogP) is 2.84. The van der Waals surface area contributed by atoms with Gasteiger partial charge in [0.2, 0.25) is 0 Å². The van der Waals surface area contributed by atoms with Gasteiger partial charge in [-0.3, -0.25) is 14.8 Å². The molecule has 0 fully saturated rings. The molecule has 2 aliphatic rings. The van der Waals surface area contributed by atoms with Crippen LogP contribution in [0.4, 0.5) is 5.69 Å². The van der Waals surface area contributed by atoms with Gasteiger partial charge in [-0.1, -0.05) is 23.9 Å². The summed E-state index contributed by atoms with van der Waals surface area (Å²) < 4.78 is 0. The third-order valence-electron chi connectivity index (χ3n) is 3.82. The summed E-state index contributed by atoms with van der Waals surface area (Å²) >= 11 is 1.67. The number of rotatable bonds is 3. The van der Waals surface area contributed by atoms with Crippen LogP contribution in [-0.4, -0.2) is 39.0 Å². The Morgan fingerprint density at radius 3 is 2.88 bits per heavy atom. The highest BCUT2D eigenvalue weighted by Crippen LogP contribution is 2.35. The van der Waals surface area contributed by atoms with Crippen LogP contribution in [0.1, 0.15) is 22.5 Å².